The van der Waals surface area contributed by atoms with E-state index in [9.17, 15) is 4.79 Å². The molecule has 1 amide bonds. The molecule has 1 fully saturated rings. The van der Waals surface area contributed by atoms with Crippen molar-refractivity contribution in [1.82, 2.24) is 19.9 Å². The Labute approximate surface area is 160 Å². The first-order valence-electron chi connectivity index (χ1n) is 8.81. The molecule has 138 valence electrons. The van der Waals surface area contributed by atoms with Crippen molar-refractivity contribution in [1.29, 1.82) is 0 Å². The monoisotopic (exact) mass is 381 g/mol. The highest BCUT2D eigenvalue weighted by Crippen LogP contribution is 2.33. The van der Waals surface area contributed by atoms with Gasteiger partial charge in [-0.25, -0.2) is 15.0 Å². The molecule has 8 heteroatoms. The number of piperidine rings is 1. The van der Waals surface area contributed by atoms with Gasteiger partial charge in [0.05, 0.1) is 18.0 Å². The molecule has 3 aromatic rings. The maximum Gasteiger partial charge on any atom is 0.247 e. The summed E-state index contributed by atoms with van der Waals surface area (Å²) in [6.45, 7) is 0.730. The van der Waals surface area contributed by atoms with Gasteiger partial charge in [-0.15, -0.1) is 11.3 Å². The Morgan fingerprint density at radius 1 is 1.30 bits per heavy atom. The van der Waals surface area contributed by atoms with Crippen LogP contribution in [0.15, 0.2) is 52.7 Å². The van der Waals surface area contributed by atoms with Crippen LogP contribution in [0.25, 0.3) is 6.08 Å². The molecule has 0 bridgehead atoms. The number of anilines is 2. The predicted octanol–water partition coefficient (Wildman–Crippen LogP) is 4.04. The molecule has 4 heterocycles. The quantitative estimate of drug-likeness (QED) is 0.672. The number of thiazole rings is 1. The van der Waals surface area contributed by atoms with E-state index in [1.165, 1.54) is 11.3 Å². The van der Waals surface area contributed by atoms with Gasteiger partial charge in [-0.1, -0.05) is 0 Å². The third-order valence-electron chi connectivity index (χ3n) is 4.37. The zero-order valence-corrected chi connectivity index (χ0v) is 15.4. The molecule has 1 atom stereocenters. The Hall–Kier alpha value is -3.00. The van der Waals surface area contributed by atoms with Crippen molar-refractivity contribution >= 4 is 34.4 Å². The number of aromatic nitrogens is 3. The number of hydrogen-bond acceptors (Lipinski definition) is 7. The van der Waals surface area contributed by atoms with Crippen molar-refractivity contribution < 1.29 is 9.21 Å². The van der Waals surface area contributed by atoms with Crippen molar-refractivity contribution in [3.05, 3.63) is 59.8 Å². The second-order valence-corrected chi connectivity index (χ2v) is 7.02. The molecule has 0 spiro atoms. The largest absolute Gasteiger partial charge is 0.465 e. The van der Waals surface area contributed by atoms with Crippen LogP contribution in [-0.2, 0) is 4.79 Å². The molecule has 1 aliphatic heterocycles. The number of nitrogens with one attached hydrogen (secondary N) is 1. The van der Waals surface area contributed by atoms with E-state index in [1.807, 2.05) is 16.3 Å². The number of carbonyl (C=O) groups is 1. The van der Waals surface area contributed by atoms with Gasteiger partial charge in [-0.3, -0.25) is 4.79 Å². The van der Waals surface area contributed by atoms with Gasteiger partial charge in [-0.05, 0) is 43.5 Å². The highest BCUT2D eigenvalue weighted by molar-refractivity contribution is 7.13. The number of rotatable bonds is 5. The highest BCUT2D eigenvalue weighted by atomic mass is 32.1. The summed E-state index contributed by atoms with van der Waals surface area (Å²) >= 11 is 1.49. The van der Waals surface area contributed by atoms with E-state index < -0.39 is 0 Å². The van der Waals surface area contributed by atoms with E-state index in [-0.39, 0.29) is 11.9 Å². The van der Waals surface area contributed by atoms with Crippen molar-refractivity contribution in [3.63, 3.8) is 0 Å². The first kappa shape index (κ1) is 17.4. The van der Waals surface area contributed by atoms with Crippen LogP contribution < -0.4 is 5.32 Å². The fraction of sp³-hybridized carbons (Fsp3) is 0.263. The average Bonchev–Trinajstić information content (AvgIpc) is 3.39. The molecule has 7 nitrogen and oxygen atoms in total. The van der Waals surface area contributed by atoms with Crippen LogP contribution in [0.2, 0.25) is 0 Å². The summed E-state index contributed by atoms with van der Waals surface area (Å²) in [6, 6.07) is 5.37. The van der Waals surface area contributed by atoms with Gasteiger partial charge in [0.2, 0.25) is 11.9 Å². The molecule has 1 N–H and O–H groups in total. The molecular formula is C19H19N5O2S. The maximum atomic E-state index is 12.7. The molecule has 4 rings (SSSR count). The number of nitrogens with zero attached hydrogens (tertiary/aromatic N) is 4. The molecule has 0 aliphatic carbocycles. The summed E-state index contributed by atoms with van der Waals surface area (Å²) in [5.41, 5.74) is 0.901. The lowest BCUT2D eigenvalue weighted by molar-refractivity contribution is -0.129. The highest BCUT2D eigenvalue weighted by Gasteiger charge is 2.28. The van der Waals surface area contributed by atoms with E-state index in [4.69, 9.17) is 4.42 Å². The Morgan fingerprint density at radius 2 is 2.19 bits per heavy atom. The molecule has 27 heavy (non-hydrogen) atoms. The molecule has 1 aliphatic rings. The van der Waals surface area contributed by atoms with E-state index >= 15 is 0 Å². The minimum Gasteiger partial charge on any atom is -0.465 e. The van der Waals surface area contributed by atoms with Gasteiger partial charge < -0.3 is 14.6 Å². The van der Waals surface area contributed by atoms with Crippen molar-refractivity contribution in [2.75, 3.05) is 11.9 Å². The Bertz CT molecular complexity index is 907. The summed E-state index contributed by atoms with van der Waals surface area (Å²) < 4.78 is 5.25. The van der Waals surface area contributed by atoms with Gasteiger partial charge in [0.15, 0.2) is 5.13 Å². The topological polar surface area (TPSA) is 84.2 Å². The summed E-state index contributed by atoms with van der Waals surface area (Å²) in [5, 5.41) is 5.83. The maximum absolute atomic E-state index is 12.7. The normalized spacial score (nSPS) is 17.3. The minimum absolute atomic E-state index is 0.0176. The molecule has 1 saturated heterocycles. The fourth-order valence-corrected chi connectivity index (χ4v) is 3.84. The minimum atomic E-state index is -0.0231. The summed E-state index contributed by atoms with van der Waals surface area (Å²) in [7, 11) is 0. The van der Waals surface area contributed by atoms with Gasteiger partial charge in [0.25, 0.3) is 0 Å². The fourth-order valence-electron chi connectivity index (χ4n) is 3.09. The van der Waals surface area contributed by atoms with Crippen molar-refractivity contribution in [3.8, 4) is 0 Å². The second kappa shape index (κ2) is 8.13. The van der Waals surface area contributed by atoms with Crippen molar-refractivity contribution in [2.45, 2.75) is 25.3 Å². The first-order valence-corrected chi connectivity index (χ1v) is 9.69. The molecule has 0 unspecified atom stereocenters. The number of carbonyl (C=O) groups excluding carboxylic acids is 1. The molecule has 3 aromatic heterocycles. The Morgan fingerprint density at radius 3 is 3.00 bits per heavy atom. The first-order chi connectivity index (χ1) is 13.3. The van der Waals surface area contributed by atoms with Gasteiger partial charge in [0, 0.05) is 30.4 Å². The Balaban J connectivity index is 1.48. The van der Waals surface area contributed by atoms with E-state index in [0.717, 1.165) is 36.6 Å². The number of hydrogen-bond donors (Lipinski definition) is 1. The van der Waals surface area contributed by atoms with Gasteiger partial charge >= 0.3 is 0 Å². The van der Waals surface area contributed by atoms with Crippen molar-refractivity contribution in [2.24, 2.45) is 0 Å². The molecular weight excluding hydrogens is 362 g/mol. The third-order valence-corrected chi connectivity index (χ3v) is 5.14. The van der Waals surface area contributed by atoms with Crippen LogP contribution in [0.5, 0.6) is 0 Å². The van der Waals surface area contributed by atoms with Crippen LogP contribution in [0.3, 0.4) is 0 Å². The van der Waals surface area contributed by atoms with Crippen LogP contribution in [0.4, 0.5) is 11.1 Å². The number of amides is 1. The van der Waals surface area contributed by atoms with Crippen LogP contribution in [0, 0.1) is 0 Å². The molecule has 0 saturated carbocycles. The summed E-state index contributed by atoms with van der Waals surface area (Å²) in [5.74, 6) is 1.15. The molecule has 0 radical (unpaired) electrons. The number of likely N-dealkylation sites (tertiary alicyclic amines) is 1. The average molecular weight is 381 g/mol. The zero-order chi connectivity index (χ0) is 18.5. The summed E-state index contributed by atoms with van der Waals surface area (Å²) in [4.78, 5) is 27.6. The van der Waals surface area contributed by atoms with Crippen LogP contribution in [-0.4, -0.2) is 32.3 Å². The second-order valence-electron chi connectivity index (χ2n) is 6.17. The smallest absolute Gasteiger partial charge is 0.247 e. The Kier molecular flexibility index (Phi) is 5.24. The van der Waals surface area contributed by atoms with E-state index in [0.29, 0.717) is 11.7 Å². The van der Waals surface area contributed by atoms with Gasteiger partial charge in [-0.2, -0.15) is 0 Å². The lowest BCUT2D eigenvalue weighted by Gasteiger charge is -2.34. The third kappa shape index (κ3) is 4.22. The standard InChI is InChI=1S/C19H19N5O2S/c25-17(8-7-14-5-3-12-26-14)24-11-2-1-6-16(24)15-13-27-19(22-15)23-18-20-9-4-10-21-18/h3-5,7-10,12-13,16H,1-2,6,11H2,(H,20,21,22,23)/b8-7+/t16-/m0/s1. The number of furan rings is 1. The zero-order valence-electron chi connectivity index (χ0n) is 14.6. The lowest BCUT2D eigenvalue weighted by Crippen LogP contribution is -2.37. The van der Waals surface area contributed by atoms with Crippen LogP contribution >= 0.6 is 11.3 Å². The summed E-state index contributed by atoms with van der Waals surface area (Å²) in [6.07, 6.45) is 11.2. The van der Waals surface area contributed by atoms with E-state index in [1.54, 1.807) is 42.9 Å². The lowest BCUT2D eigenvalue weighted by atomic mass is 10.00. The van der Waals surface area contributed by atoms with Gasteiger partial charge in [0.1, 0.15) is 5.76 Å². The van der Waals surface area contributed by atoms with E-state index in [2.05, 4.69) is 20.3 Å². The predicted molar refractivity (Wildman–Crippen MR) is 103 cm³/mol. The molecule has 0 aromatic carbocycles. The van der Waals surface area contributed by atoms with Crippen LogP contribution in [0.1, 0.15) is 36.8 Å². The SMILES string of the molecule is O=C(/C=C/c1ccco1)N1CCCC[C@H]1c1csc(Nc2ncccn2)n1.